The van der Waals surface area contributed by atoms with Gasteiger partial charge in [-0.25, -0.2) is 4.39 Å². The Hall–Kier alpha value is -0.600. The molecule has 0 radical (unpaired) electrons. The average Bonchev–Trinajstić information content (AvgIpc) is 2.75. The third kappa shape index (κ3) is 1.04. The van der Waals surface area contributed by atoms with Gasteiger partial charge in [0.25, 0.3) is 0 Å². The largest absolute Gasteiger partial charge is 0.316 e. The van der Waals surface area contributed by atoms with Gasteiger partial charge in [0.1, 0.15) is 5.82 Å². The number of piperidine rings is 1. The summed E-state index contributed by atoms with van der Waals surface area (Å²) in [7, 11) is 0. The zero-order valence-corrected chi connectivity index (χ0v) is 8.44. The summed E-state index contributed by atoms with van der Waals surface area (Å²) < 4.78 is 13.0. The van der Waals surface area contributed by atoms with Crippen LogP contribution in [0.25, 0.3) is 0 Å². The zero-order chi connectivity index (χ0) is 9.76. The molecule has 0 spiro atoms. The molecule has 0 bridgehead atoms. The second kappa shape index (κ2) is 2.71. The summed E-state index contributed by atoms with van der Waals surface area (Å²) in [5.41, 5.74) is 1.47. The van der Waals surface area contributed by atoms with Gasteiger partial charge in [0, 0.05) is 12.0 Å². The molecule has 1 heterocycles. The smallest absolute Gasteiger partial charge is 0.141 e. The minimum absolute atomic E-state index is 0.245. The molecule has 14 heavy (non-hydrogen) atoms. The van der Waals surface area contributed by atoms with Crippen molar-refractivity contribution >= 4 is 11.6 Å². The summed E-state index contributed by atoms with van der Waals surface area (Å²) in [6, 6.07) is 5.12. The number of rotatable bonds is 1. The van der Waals surface area contributed by atoms with Crippen molar-refractivity contribution in [2.75, 3.05) is 13.1 Å². The van der Waals surface area contributed by atoms with E-state index in [1.54, 1.807) is 6.07 Å². The fourth-order valence-corrected chi connectivity index (χ4v) is 2.78. The number of fused-ring (bicyclic) bond motifs is 1. The van der Waals surface area contributed by atoms with Crippen LogP contribution in [0.15, 0.2) is 18.2 Å². The number of halogens is 2. The molecule has 3 rings (SSSR count). The van der Waals surface area contributed by atoms with E-state index in [0.717, 1.165) is 19.0 Å². The highest BCUT2D eigenvalue weighted by Crippen LogP contribution is 2.56. The van der Waals surface area contributed by atoms with Crippen molar-refractivity contribution in [3.05, 3.63) is 34.6 Å². The summed E-state index contributed by atoms with van der Waals surface area (Å²) in [5.74, 6) is 0.416. The Kier molecular flexibility index (Phi) is 1.68. The summed E-state index contributed by atoms with van der Waals surface area (Å²) in [5, 5.41) is 3.60. The average molecular weight is 212 g/mol. The molecule has 74 valence electrons. The van der Waals surface area contributed by atoms with Crippen LogP contribution in [0.5, 0.6) is 0 Å². The van der Waals surface area contributed by atoms with E-state index in [4.69, 9.17) is 11.6 Å². The minimum Gasteiger partial charge on any atom is -0.316 e. The molecule has 1 aromatic rings. The Morgan fingerprint density at radius 1 is 1.50 bits per heavy atom. The maximum atomic E-state index is 13.0. The molecule has 2 atom stereocenters. The van der Waals surface area contributed by atoms with E-state index in [1.807, 2.05) is 6.07 Å². The van der Waals surface area contributed by atoms with Crippen molar-refractivity contribution in [2.45, 2.75) is 11.8 Å². The van der Waals surface area contributed by atoms with Crippen LogP contribution in [0.3, 0.4) is 0 Å². The number of benzene rings is 1. The lowest BCUT2D eigenvalue weighted by Crippen LogP contribution is -2.19. The fraction of sp³-hybridized carbons (Fsp3) is 0.455. The standard InChI is InChI=1S/C11H11ClFN/c12-9-3-7(1-2-10(9)13)11-4-8(11)5-14-6-11/h1-3,8,14H,4-6H2/t8-,11?/m0/s1. The highest BCUT2D eigenvalue weighted by Gasteiger charge is 2.58. The molecule has 1 saturated carbocycles. The molecule has 1 nitrogen and oxygen atoms in total. The van der Waals surface area contributed by atoms with Crippen LogP contribution < -0.4 is 5.32 Å². The molecule has 1 saturated heterocycles. The van der Waals surface area contributed by atoms with Gasteiger partial charge in [0.2, 0.25) is 0 Å². The third-order valence-corrected chi connectivity index (χ3v) is 3.85. The first-order chi connectivity index (χ1) is 6.72. The van der Waals surface area contributed by atoms with Gasteiger partial charge in [0.05, 0.1) is 5.02 Å². The van der Waals surface area contributed by atoms with Crippen LogP contribution in [0.1, 0.15) is 12.0 Å². The van der Waals surface area contributed by atoms with Crippen molar-refractivity contribution in [2.24, 2.45) is 5.92 Å². The molecule has 3 heteroatoms. The van der Waals surface area contributed by atoms with Crippen molar-refractivity contribution < 1.29 is 4.39 Å². The van der Waals surface area contributed by atoms with E-state index in [2.05, 4.69) is 5.32 Å². The lowest BCUT2D eigenvalue weighted by molar-refractivity contribution is 0.622. The quantitative estimate of drug-likeness (QED) is 0.752. The van der Waals surface area contributed by atoms with Gasteiger partial charge in [-0.2, -0.15) is 0 Å². The van der Waals surface area contributed by atoms with E-state index < -0.39 is 0 Å². The van der Waals surface area contributed by atoms with Crippen molar-refractivity contribution in [1.29, 1.82) is 0 Å². The van der Waals surface area contributed by atoms with Crippen molar-refractivity contribution in [3.63, 3.8) is 0 Å². The Balaban J connectivity index is 2.01. The first-order valence-corrected chi connectivity index (χ1v) is 5.26. The maximum absolute atomic E-state index is 13.0. The van der Waals surface area contributed by atoms with Crippen LogP contribution in [-0.2, 0) is 5.41 Å². The lowest BCUT2D eigenvalue weighted by Gasteiger charge is -2.12. The predicted molar refractivity (Wildman–Crippen MR) is 54.1 cm³/mol. The van der Waals surface area contributed by atoms with Gasteiger partial charge in [0.15, 0.2) is 0 Å². The SMILES string of the molecule is Fc1ccc(C23CNC[C@@H]2C3)cc1Cl. The molecule has 0 aromatic heterocycles. The Morgan fingerprint density at radius 3 is 2.93 bits per heavy atom. The van der Waals surface area contributed by atoms with Gasteiger partial charge in [-0.3, -0.25) is 0 Å². The fourth-order valence-electron chi connectivity index (χ4n) is 2.60. The van der Waals surface area contributed by atoms with Crippen LogP contribution in [0.2, 0.25) is 5.02 Å². The van der Waals surface area contributed by atoms with E-state index in [9.17, 15) is 4.39 Å². The van der Waals surface area contributed by atoms with Gasteiger partial charge in [-0.05, 0) is 36.6 Å². The molecular formula is C11H11ClFN. The van der Waals surface area contributed by atoms with Gasteiger partial charge in [-0.1, -0.05) is 17.7 Å². The van der Waals surface area contributed by atoms with Gasteiger partial charge < -0.3 is 5.32 Å². The molecule has 0 amide bonds. The van der Waals surface area contributed by atoms with E-state index >= 15 is 0 Å². The predicted octanol–water partition coefficient (Wildman–Crippen LogP) is 2.34. The van der Waals surface area contributed by atoms with E-state index in [0.29, 0.717) is 0 Å². The topological polar surface area (TPSA) is 12.0 Å². The molecule has 2 fully saturated rings. The second-order valence-electron chi connectivity index (χ2n) is 4.32. The molecule has 2 aliphatic rings. The van der Waals surface area contributed by atoms with Gasteiger partial charge in [-0.15, -0.1) is 0 Å². The van der Waals surface area contributed by atoms with Crippen LogP contribution in [0, 0.1) is 11.7 Å². The third-order valence-electron chi connectivity index (χ3n) is 3.56. The normalized spacial score (nSPS) is 34.3. The van der Waals surface area contributed by atoms with Crippen LogP contribution >= 0.6 is 11.6 Å². The molecule has 1 unspecified atom stereocenters. The summed E-state index contributed by atoms with van der Waals surface area (Å²) >= 11 is 5.78. The lowest BCUT2D eigenvalue weighted by atomic mass is 9.95. The van der Waals surface area contributed by atoms with E-state index in [-0.39, 0.29) is 16.3 Å². The first kappa shape index (κ1) is 8.69. The number of hydrogen-bond acceptors (Lipinski definition) is 1. The number of nitrogens with one attached hydrogen (secondary N) is 1. The highest BCUT2D eigenvalue weighted by atomic mass is 35.5. The number of hydrogen-bond donors (Lipinski definition) is 1. The summed E-state index contributed by atoms with van der Waals surface area (Å²) in [6.45, 7) is 2.11. The summed E-state index contributed by atoms with van der Waals surface area (Å²) in [6.07, 6.45) is 1.22. The second-order valence-corrected chi connectivity index (χ2v) is 4.72. The Bertz CT molecular complexity index is 393. The van der Waals surface area contributed by atoms with Crippen LogP contribution in [-0.4, -0.2) is 13.1 Å². The molecule has 1 N–H and O–H groups in total. The molecule has 1 aliphatic carbocycles. The maximum Gasteiger partial charge on any atom is 0.141 e. The Labute approximate surface area is 87.3 Å². The zero-order valence-electron chi connectivity index (χ0n) is 7.69. The van der Waals surface area contributed by atoms with E-state index in [1.165, 1.54) is 18.1 Å². The van der Waals surface area contributed by atoms with Crippen LogP contribution in [0.4, 0.5) is 4.39 Å². The minimum atomic E-state index is -0.324. The van der Waals surface area contributed by atoms with Crippen molar-refractivity contribution in [1.82, 2.24) is 5.32 Å². The molecule has 1 aliphatic heterocycles. The molecular weight excluding hydrogens is 201 g/mol. The highest BCUT2D eigenvalue weighted by molar-refractivity contribution is 6.30. The monoisotopic (exact) mass is 211 g/mol. The van der Waals surface area contributed by atoms with Crippen molar-refractivity contribution in [3.8, 4) is 0 Å². The first-order valence-electron chi connectivity index (χ1n) is 4.89. The summed E-state index contributed by atoms with van der Waals surface area (Å²) in [4.78, 5) is 0. The Morgan fingerprint density at radius 2 is 2.36 bits per heavy atom. The molecule has 1 aromatic carbocycles. The van der Waals surface area contributed by atoms with Gasteiger partial charge >= 0.3 is 0 Å².